The number of thiazole rings is 1. The SMILES string of the molecule is CC(C)(C)OC(=O)N1CCC[C@H](c2cccc(-c3nccs3)n2)C1. The number of aromatic nitrogens is 2. The number of amides is 1. The third-order valence-electron chi connectivity index (χ3n) is 3.91. The fourth-order valence-electron chi connectivity index (χ4n) is 2.86. The molecular weight excluding hydrogens is 322 g/mol. The number of ether oxygens (including phenoxy) is 1. The average molecular weight is 345 g/mol. The van der Waals surface area contributed by atoms with Crippen LogP contribution in [-0.2, 0) is 4.74 Å². The molecule has 0 aliphatic carbocycles. The monoisotopic (exact) mass is 345 g/mol. The van der Waals surface area contributed by atoms with Gasteiger partial charge in [-0.05, 0) is 45.7 Å². The first kappa shape index (κ1) is 16.9. The molecule has 0 radical (unpaired) electrons. The predicted molar refractivity (Wildman–Crippen MR) is 95.1 cm³/mol. The zero-order chi connectivity index (χ0) is 17.2. The van der Waals surface area contributed by atoms with E-state index in [-0.39, 0.29) is 12.0 Å². The van der Waals surface area contributed by atoms with Gasteiger partial charge in [0.2, 0.25) is 0 Å². The van der Waals surface area contributed by atoms with Crippen molar-refractivity contribution in [3.8, 4) is 10.7 Å². The van der Waals surface area contributed by atoms with E-state index in [1.807, 2.05) is 44.4 Å². The number of carbonyl (C=O) groups is 1. The summed E-state index contributed by atoms with van der Waals surface area (Å²) in [4.78, 5) is 23.2. The van der Waals surface area contributed by atoms with Gasteiger partial charge in [0.15, 0.2) is 0 Å². The Morgan fingerprint density at radius 3 is 2.92 bits per heavy atom. The summed E-state index contributed by atoms with van der Waals surface area (Å²) in [7, 11) is 0. The van der Waals surface area contributed by atoms with Crippen LogP contribution >= 0.6 is 11.3 Å². The molecule has 1 atom stereocenters. The minimum absolute atomic E-state index is 0.233. The standard InChI is InChI=1S/C18H23N3O2S/c1-18(2,3)23-17(22)21-10-5-6-13(12-21)14-7-4-8-15(20-14)16-19-9-11-24-16/h4,7-9,11,13H,5-6,10,12H2,1-3H3/t13-/m0/s1. The van der Waals surface area contributed by atoms with Crippen LogP contribution in [0.25, 0.3) is 10.7 Å². The smallest absolute Gasteiger partial charge is 0.410 e. The van der Waals surface area contributed by atoms with Gasteiger partial charge in [-0.1, -0.05) is 6.07 Å². The number of rotatable bonds is 2. The molecule has 128 valence electrons. The Morgan fingerprint density at radius 2 is 2.21 bits per heavy atom. The second kappa shape index (κ2) is 6.89. The molecule has 0 N–H and O–H groups in total. The highest BCUT2D eigenvalue weighted by Gasteiger charge is 2.29. The van der Waals surface area contributed by atoms with Crippen LogP contribution in [0.5, 0.6) is 0 Å². The molecule has 6 heteroatoms. The maximum absolute atomic E-state index is 12.3. The van der Waals surface area contributed by atoms with Crippen molar-refractivity contribution >= 4 is 17.4 Å². The summed E-state index contributed by atoms with van der Waals surface area (Å²) in [6.07, 6.45) is 3.56. The summed E-state index contributed by atoms with van der Waals surface area (Å²) in [5, 5.41) is 2.88. The zero-order valence-electron chi connectivity index (χ0n) is 14.4. The highest BCUT2D eigenvalue weighted by atomic mass is 32.1. The van der Waals surface area contributed by atoms with Crippen LogP contribution in [-0.4, -0.2) is 39.7 Å². The summed E-state index contributed by atoms with van der Waals surface area (Å²) < 4.78 is 5.50. The molecule has 5 nitrogen and oxygen atoms in total. The lowest BCUT2D eigenvalue weighted by Gasteiger charge is -2.34. The molecule has 3 rings (SSSR count). The summed E-state index contributed by atoms with van der Waals surface area (Å²) in [5.41, 5.74) is 1.46. The van der Waals surface area contributed by atoms with Gasteiger partial charge in [-0.25, -0.2) is 14.8 Å². The molecule has 2 aromatic rings. The Bertz CT molecular complexity index is 695. The lowest BCUT2D eigenvalue weighted by molar-refractivity contribution is 0.0197. The van der Waals surface area contributed by atoms with Gasteiger partial charge in [0.1, 0.15) is 10.6 Å². The zero-order valence-corrected chi connectivity index (χ0v) is 15.2. The fourth-order valence-corrected chi connectivity index (χ4v) is 3.47. The van der Waals surface area contributed by atoms with Crippen LogP contribution in [0.3, 0.4) is 0 Å². The van der Waals surface area contributed by atoms with Gasteiger partial charge < -0.3 is 9.64 Å². The molecule has 1 saturated heterocycles. The Labute approximate surface area is 146 Å². The second-order valence-corrected chi connectivity index (χ2v) is 7.95. The van der Waals surface area contributed by atoms with Crippen molar-refractivity contribution in [2.45, 2.75) is 45.1 Å². The molecular formula is C18H23N3O2S. The fraction of sp³-hybridized carbons (Fsp3) is 0.500. The van der Waals surface area contributed by atoms with E-state index >= 15 is 0 Å². The highest BCUT2D eigenvalue weighted by Crippen LogP contribution is 2.29. The van der Waals surface area contributed by atoms with Crippen LogP contribution in [0.1, 0.15) is 45.2 Å². The highest BCUT2D eigenvalue weighted by molar-refractivity contribution is 7.13. The number of likely N-dealkylation sites (tertiary alicyclic amines) is 1. The number of pyridine rings is 1. The molecule has 3 heterocycles. The number of carbonyl (C=O) groups excluding carboxylic acids is 1. The molecule has 24 heavy (non-hydrogen) atoms. The lowest BCUT2D eigenvalue weighted by atomic mass is 9.94. The van der Waals surface area contributed by atoms with Crippen LogP contribution in [0.4, 0.5) is 4.79 Å². The lowest BCUT2D eigenvalue weighted by Crippen LogP contribution is -2.42. The van der Waals surface area contributed by atoms with E-state index in [9.17, 15) is 4.79 Å². The van der Waals surface area contributed by atoms with E-state index in [1.54, 1.807) is 22.4 Å². The van der Waals surface area contributed by atoms with E-state index in [0.717, 1.165) is 35.8 Å². The first-order valence-corrected chi connectivity index (χ1v) is 9.15. The van der Waals surface area contributed by atoms with Gasteiger partial charge in [0, 0.05) is 36.3 Å². The minimum Gasteiger partial charge on any atom is -0.444 e. The molecule has 0 saturated carbocycles. The van der Waals surface area contributed by atoms with Crippen molar-refractivity contribution in [1.29, 1.82) is 0 Å². The third kappa shape index (κ3) is 4.12. The minimum atomic E-state index is -0.465. The summed E-state index contributed by atoms with van der Waals surface area (Å²) in [6.45, 7) is 7.09. The van der Waals surface area contributed by atoms with Gasteiger partial charge in [0.25, 0.3) is 0 Å². The Balaban J connectivity index is 1.73. The Morgan fingerprint density at radius 1 is 1.38 bits per heavy atom. The van der Waals surface area contributed by atoms with Crippen molar-refractivity contribution in [2.24, 2.45) is 0 Å². The molecule has 1 aliphatic rings. The quantitative estimate of drug-likeness (QED) is 0.813. The first-order valence-electron chi connectivity index (χ1n) is 8.27. The van der Waals surface area contributed by atoms with E-state index in [0.29, 0.717) is 6.54 Å². The predicted octanol–water partition coefficient (Wildman–Crippen LogP) is 4.32. The van der Waals surface area contributed by atoms with Gasteiger partial charge >= 0.3 is 6.09 Å². The molecule has 1 amide bonds. The molecule has 0 bridgehead atoms. The summed E-state index contributed by atoms with van der Waals surface area (Å²) in [6, 6.07) is 6.04. The molecule has 0 unspecified atom stereocenters. The number of hydrogen-bond acceptors (Lipinski definition) is 5. The number of nitrogens with zero attached hydrogens (tertiary/aromatic N) is 3. The maximum Gasteiger partial charge on any atom is 0.410 e. The van der Waals surface area contributed by atoms with Crippen LogP contribution < -0.4 is 0 Å². The van der Waals surface area contributed by atoms with Gasteiger partial charge in [-0.3, -0.25) is 0 Å². The van der Waals surface area contributed by atoms with Crippen LogP contribution in [0.2, 0.25) is 0 Å². The maximum atomic E-state index is 12.3. The second-order valence-electron chi connectivity index (χ2n) is 7.05. The first-order chi connectivity index (χ1) is 11.4. The van der Waals surface area contributed by atoms with Crippen molar-refractivity contribution in [3.05, 3.63) is 35.5 Å². The molecule has 0 spiro atoms. The van der Waals surface area contributed by atoms with E-state index in [4.69, 9.17) is 9.72 Å². The van der Waals surface area contributed by atoms with Crippen molar-refractivity contribution in [3.63, 3.8) is 0 Å². The largest absolute Gasteiger partial charge is 0.444 e. The van der Waals surface area contributed by atoms with E-state index < -0.39 is 5.60 Å². The van der Waals surface area contributed by atoms with E-state index in [2.05, 4.69) is 4.98 Å². The van der Waals surface area contributed by atoms with Gasteiger partial charge in [-0.15, -0.1) is 11.3 Å². The van der Waals surface area contributed by atoms with Crippen molar-refractivity contribution < 1.29 is 9.53 Å². The summed E-state index contributed by atoms with van der Waals surface area (Å²) >= 11 is 1.59. The Hall–Kier alpha value is -1.95. The Kier molecular flexibility index (Phi) is 4.85. The number of hydrogen-bond donors (Lipinski definition) is 0. The molecule has 1 fully saturated rings. The van der Waals surface area contributed by atoms with Crippen molar-refractivity contribution in [2.75, 3.05) is 13.1 Å². The topological polar surface area (TPSA) is 55.3 Å². The average Bonchev–Trinajstić information content (AvgIpc) is 3.08. The normalized spacial score (nSPS) is 18.5. The molecule has 2 aromatic heterocycles. The summed E-state index contributed by atoms with van der Waals surface area (Å²) in [5.74, 6) is 0.242. The molecule has 1 aliphatic heterocycles. The third-order valence-corrected chi connectivity index (χ3v) is 4.71. The molecule has 0 aromatic carbocycles. The van der Waals surface area contributed by atoms with Crippen molar-refractivity contribution in [1.82, 2.24) is 14.9 Å². The van der Waals surface area contributed by atoms with E-state index in [1.165, 1.54) is 0 Å². The van der Waals surface area contributed by atoms with Gasteiger partial charge in [0.05, 0.1) is 5.69 Å². The van der Waals surface area contributed by atoms with Gasteiger partial charge in [-0.2, -0.15) is 0 Å². The van der Waals surface area contributed by atoms with Crippen LogP contribution in [0.15, 0.2) is 29.8 Å². The number of piperidine rings is 1. The van der Waals surface area contributed by atoms with Crippen LogP contribution in [0, 0.1) is 0 Å².